The van der Waals surface area contributed by atoms with Crippen molar-refractivity contribution in [3.05, 3.63) is 12.7 Å². The maximum Gasteiger partial charge on any atom is 0.320 e. The van der Waals surface area contributed by atoms with Crippen molar-refractivity contribution >= 4 is 28.9 Å². The van der Waals surface area contributed by atoms with E-state index in [-0.39, 0.29) is 31.2 Å². The number of nitrogens with two attached hydrogens (primary N) is 2. The lowest BCUT2D eigenvalue weighted by Crippen LogP contribution is -2.58. The zero-order valence-corrected chi connectivity index (χ0v) is 18.0. The van der Waals surface area contributed by atoms with Gasteiger partial charge in [-0.3, -0.25) is 9.59 Å². The van der Waals surface area contributed by atoms with Crippen LogP contribution in [0.2, 0.25) is 0 Å². The largest absolute Gasteiger partial charge is 0.480 e. The second kappa shape index (κ2) is 8.26. The first-order valence-corrected chi connectivity index (χ1v) is 10.7. The van der Waals surface area contributed by atoms with Crippen molar-refractivity contribution in [2.24, 2.45) is 5.73 Å². The summed E-state index contributed by atoms with van der Waals surface area (Å²) in [4.78, 5) is 37.5. The molecule has 0 radical (unpaired) electrons. The fourth-order valence-electron chi connectivity index (χ4n) is 4.78. The topological polar surface area (TPSA) is 183 Å². The molecule has 4 rings (SSSR count). The van der Waals surface area contributed by atoms with E-state index < -0.39 is 29.3 Å². The summed E-state index contributed by atoms with van der Waals surface area (Å²) in [5, 5.41) is 20.2. The molecule has 6 N–H and O–H groups in total. The van der Waals surface area contributed by atoms with Gasteiger partial charge in [-0.25, -0.2) is 15.0 Å². The number of aliphatic hydroxyl groups is 1. The molecule has 2 aliphatic rings. The van der Waals surface area contributed by atoms with Crippen LogP contribution in [-0.2, 0) is 14.3 Å². The number of imidazole rings is 1. The Morgan fingerprint density at radius 2 is 2.03 bits per heavy atom. The number of carbonyl (C=O) groups excluding carboxylic acids is 1. The third-order valence-corrected chi connectivity index (χ3v) is 6.68. The second-order valence-corrected chi connectivity index (χ2v) is 8.99. The highest BCUT2D eigenvalue weighted by Gasteiger charge is 2.50. The molecule has 32 heavy (non-hydrogen) atoms. The first-order chi connectivity index (χ1) is 15.1. The molecule has 0 aliphatic carbocycles. The van der Waals surface area contributed by atoms with E-state index in [1.165, 1.54) is 6.33 Å². The van der Waals surface area contributed by atoms with Gasteiger partial charge in [-0.1, -0.05) is 0 Å². The molecule has 2 aromatic rings. The zero-order chi connectivity index (χ0) is 23.1. The minimum Gasteiger partial charge on any atom is -0.480 e. The van der Waals surface area contributed by atoms with Gasteiger partial charge in [0.05, 0.1) is 30.2 Å². The number of aliphatic carboxylic acids is 1. The van der Waals surface area contributed by atoms with Crippen molar-refractivity contribution in [1.29, 1.82) is 0 Å². The molecule has 1 spiro atoms. The Morgan fingerprint density at radius 3 is 2.69 bits per heavy atom. The molecule has 12 heteroatoms. The van der Waals surface area contributed by atoms with Crippen LogP contribution in [0.3, 0.4) is 0 Å². The van der Waals surface area contributed by atoms with Crippen molar-refractivity contribution in [3.8, 4) is 0 Å². The van der Waals surface area contributed by atoms with E-state index in [9.17, 15) is 14.7 Å². The number of piperidine rings is 1. The standard InChI is InChI=1S/C20H29N7O5/c1-19(31)9-20(4-6-26(7-5-20)14(28)3-2-12(21)18(29)30)32-8-13(19)27-11-25-15-16(22)23-10-24-17(15)27/h10-13,31H,2-9,21H2,1H3,(H,29,30)(H2,22,23,24)/t12-,13-,19-/m1/s1. The number of amides is 1. The van der Waals surface area contributed by atoms with Crippen molar-refractivity contribution < 1.29 is 24.5 Å². The summed E-state index contributed by atoms with van der Waals surface area (Å²) in [7, 11) is 0. The van der Waals surface area contributed by atoms with Crippen LogP contribution >= 0.6 is 0 Å². The van der Waals surface area contributed by atoms with E-state index in [2.05, 4.69) is 15.0 Å². The number of nitrogen functional groups attached to an aromatic ring is 1. The normalized spacial score (nSPS) is 26.3. The van der Waals surface area contributed by atoms with Gasteiger partial charge in [0.25, 0.3) is 0 Å². The lowest BCUT2D eigenvalue weighted by Gasteiger charge is -2.51. The summed E-state index contributed by atoms with van der Waals surface area (Å²) in [6.07, 6.45) is 4.75. The molecule has 2 fully saturated rings. The minimum absolute atomic E-state index is 0.0970. The lowest BCUT2D eigenvalue weighted by atomic mass is 9.75. The van der Waals surface area contributed by atoms with Crippen LogP contribution in [0, 0.1) is 0 Å². The second-order valence-electron chi connectivity index (χ2n) is 8.99. The van der Waals surface area contributed by atoms with Crippen LogP contribution in [0.25, 0.3) is 11.2 Å². The van der Waals surface area contributed by atoms with Gasteiger partial charge in [-0.2, -0.15) is 0 Å². The van der Waals surface area contributed by atoms with Gasteiger partial charge in [0.1, 0.15) is 17.9 Å². The summed E-state index contributed by atoms with van der Waals surface area (Å²) >= 11 is 0. The average molecular weight is 447 g/mol. The number of carboxylic acid groups (broad SMARTS) is 1. The Hall–Kier alpha value is -2.83. The SMILES string of the molecule is C[C@@]1(O)CC2(CCN(C(=O)CC[C@@H](N)C(=O)O)CC2)OC[C@H]1n1cnc2c(N)ncnc21. The number of ether oxygens (including phenoxy) is 1. The van der Waals surface area contributed by atoms with E-state index in [4.69, 9.17) is 21.3 Å². The number of carbonyl (C=O) groups is 2. The quantitative estimate of drug-likeness (QED) is 0.473. The van der Waals surface area contributed by atoms with E-state index >= 15 is 0 Å². The van der Waals surface area contributed by atoms with Crippen molar-refractivity contribution in [1.82, 2.24) is 24.4 Å². The Kier molecular flexibility index (Phi) is 5.77. The molecule has 0 aromatic carbocycles. The predicted molar refractivity (Wildman–Crippen MR) is 113 cm³/mol. The van der Waals surface area contributed by atoms with Gasteiger partial charge in [0, 0.05) is 25.9 Å². The number of fused-ring (bicyclic) bond motifs is 1. The molecule has 3 atom stereocenters. The van der Waals surface area contributed by atoms with Crippen LogP contribution < -0.4 is 11.5 Å². The fourth-order valence-corrected chi connectivity index (χ4v) is 4.78. The summed E-state index contributed by atoms with van der Waals surface area (Å²) in [5.74, 6) is -0.940. The highest BCUT2D eigenvalue weighted by Crippen LogP contribution is 2.44. The maximum atomic E-state index is 12.4. The van der Waals surface area contributed by atoms with Gasteiger partial charge in [0.15, 0.2) is 11.5 Å². The molecule has 2 aliphatic heterocycles. The molecular formula is C20H29N7O5. The Morgan fingerprint density at radius 1 is 1.31 bits per heavy atom. The van der Waals surface area contributed by atoms with Gasteiger partial charge >= 0.3 is 5.97 Å². The maximum absolute atomic E-state index is 12.4. The monoisotopic (exact) mass is 447 g/mol. The number of hydrogen-bond donors (Lipinski definition) is 4. The number of hydrogen-bond acceptors (Lipinski definition) is 9. The zero-order valence-electron chi connectivity index (χ0n) is 18.0. The first-order valence-electron chi connectivity index (χ1n) is 10.7. The van der Waals surface area contributed by atoms with E-state index in [1.807, 2.05) is 0 Å². The molecule has 0 unspecified atom stereocenters. The van der Waals surface area contributed by atoms with Crippen LogP contribution in [0.15, 0.2) is 12.7 Å². The molecular weight excluding hydrogens is 418 g/mol. The van der Waals surface area contributed by atoms with Crippen LogP contribution in [0.5, 0.6) is 0 Å². The van der Waals surface area contributed by atoms with Crippen LogP contribution in [0.1, 0.15) is 45.1 Å². The third-order valence-electron chi connectivity index (χ3n) is 6.68. The van der Waals surface area contributed by atoms with Gasteiger partial charge in [-0.15, -0.1) is 0 Å². The summed E-state index contributed by atoms with van der Waals surface area (Å²) in [5.41, 5.74) is 10.8. The Balaban J connectivity index is 1.40. The number of likely N-dealkylation sites (tertiary alicyclic amines) is 1. The van der Waals surface area contributed by atoms with Crippen molar-refractivity contribution in [2.75, 3.05) is 25.4 Å². The van der Waals surface area contributed by atoms with Gasteiger partial charge in [-0.05, 0) is 26.2 Å². The van der Waals surface area contributed by atoms with Crippen molar-refractivity contribution in [3.63, 3.8) is 0 Å². The lowest BCUT2D eigenvalue weighted by molar-refractivity contribution is -0.197. The van der Waals surface area contributed by atoms with E-state index in [1.54, 1.807) is 22.7 Å². The molecule has 1 amide bonds. The molecule has 12 nitrogen and oxygen atoms in total. The minimum atomic E-state index is -1.11. The highest BCUT2D eigenvalue weighted by molar-refractivity contribution is 5.81. The molecule has 4 heterocycles. The van der Waals surface area contributed by atoms with Crippen LogP contribution in [0.4, 0.5) is 5.82 Å². The first kappa shape index (κ1) is 22.4. The van der Waals surface area contributed by atoms with E-state index in [0.29, 0.717) is 43.5 Å². The smallest absolute Gasteiger partial charge is 0.320 e. The molecule has 2 aromatic heterocycles. The fraction of sp³-hybridized carbons (Fsp3) is 0.650. The summed E-state index contributed by atoms with van der Waals surface area (Å²) < 4.78 is 8.08. The van der Waals surface area contributed by atoms with Crippen molar-refractivity contribution in [2.45, 2.75) is 62.3 Å². The van der Waals surface area contributed by atoms with Gasteiger partial charge in [0.2, 0.25) is 5.91 Å². The number of nitrogens with zero attached hydrogens (tertiary/aromatic N) is 5. The molecule has 174 valence electrons. The average Bonchev–Trinajstić information content (AvgIpc) is 3.16. The summed E-state index contributed by atoms with van der Waals surface area (Å²) in [6, 6.07) is -1.44. The summed E-state index contributed by atoms with van der Waals surface area (Å²) in [6.45, 7) is 3.02. The van der Waals surface area contributed by atoms with Gasteiger partial charge < -0.3 is 35.9 Å². The number of aromatic nitrogens is 4. The molecule has 0 saturated carbocycles. The third kappa shape index (κ3) is 4.12. The molecule has 0 bridgehead atoms. The number of carboxylic acids is 1. The Bertz CT molecular complexity index is 1010. The Labute approximate surface area is 184 Å². The highest BCUT2D eigenvalue weighted by atomic mass is 16.5. The van der Waals surface area contributed by atoms with E-state index in [0.717, 1.165) is 0 Å². The number of anilines is 1. The number of rotatable bonds is 5. The predicted octanol–water partition coefficient (Wildman–Crippen LogP) is -0.326. The molecule has 2 saturated heterocycles. The van der Waals surface area contributed by atoms with Crippen LogP contribution in [-0.4, -0.2) is 83.4 Å².